The first-order chi connectivity index (χ1) is 15.0. The third-order valence-corrected chi connectivity index (χ3v) is 5.57. The Hall–Kier alpha value is -3.16. The molecule has 0 radical (unpaired) electrons. The third-order valence-electron chi connectivity index (χ3n) is 5.57. The molecule has 31 heavy (non-hydrogen) atoms. The van der Waals surface area contributed by atoms with Gasteiger partial charge in [-0.25, -0.2) is 0 Å². The standard InChI is InChI=1S/C23H30N4O4/c1-16-22(17(2)31-26-16)23(30)25-15-21(29)27-13-9-4-3-8-12-24-20(28)14-19(27)18-10-6-5-7-11-18/h5-7,10-11,19H,3-4,8-9,12-15H2,1-2H3,(H,24,28)(H,25,30). The molecule has 0 aliphatic carbocycles. The van der Waals surface area contributed by atoms with Gasteiger partial charge in [0, 0.05) is 13.1 Å². The molecule has 1 aliphatic heterocycles. The van der Waals surface area contributed by atoms with Gasteiger partial charge in [-0.2, -0.15) is 0 Å². The number of benzene rings is 1. The van der Waals surface area contributed by atoms with E-state index in [4.69, 9.17) is 4.52 Å². The van der Waals surface area contributed by atoms with E-state index in [-0.39, 0.29) is 30.8 Å². The van der Waals surface area contributed by atoms with E-state index >= 15 is 0 Å². The van der Waals surface area contributed by atoms with Crippen molar-refractivity contribution in [3.8, 4) is 0 Å². The maximum atomic E-state index is 13.2. The Kier molecular flexibility index (Phi) is 7.81. The van der Waals surface area contributed by atoms with Crippen LogP contribution in [0, 0.1) is 13.8 Å². The molecule has 1 saturated heterocycles. The lowest BCUT2D eigenvalue weighted by Gasteiger charge is -2.32. The van der Waals surface area contributed by atoms with E-state index in [0.717, 1.165) is 31.2 Å². The van der Waals surface area contributed by atoms with Gasteiger partial charge in [0.15, 0.2) is 0 Å². The maximum Gasteiger partial charge on any atom is 0.257 e. The van der Waals surface area contributed by atoms with E-state index in [1.165, 1.54) is 0 Å². The van der Waals surface area contributed by atoms with Crippen LogP contribution in [-0.2, 0) is 9.59 Å². The van der Waals surface area contributed by atoms with Gasteiger partial charge in [-0.1, -0.05) is 48.3 Å². The number of nitrogens with zero attached hydrogens (tertiary/aromatic N) is 2. The molecule has 3 rings (SSSR count). The van der Waals surface area contributed by atoms with E-state index in [9.17, 15) is 14.4 Å². The van der Waals surface area contributed by atoms with Crippen molar-refractivity contribution in [1.29, 1.82) is 0 Å². The molecule has 1 atom stereocenters. The van der Waals surface area contributed by atoms with Crippen LogP contribution in [0.3, 0.4) is 0 Å². The molecule has 1 aliphatic rings. The zero-order valence-corrected chi connectivity index (χ0v) is 18.1. The number of hydrogen-bond acceptors (Lipinski definition) is 5. The molecule has 8 nitrogen and oxygen atoms in total. The van der Waals surface area contributed by atoms with Gasteiger partial charge in [0.05, 0.1) is 24.7 Å². The zero-order chi connectivity index (χ0) is 22.2. The zero-order valence-electron chi connectivity index (χ0n) is 18.1. The van der Waals surface area contributed by atoms with E-state index in [1.54, 1.807) is 18.7 Å². The fourth-order valence-electron chi connectivity index (χ4n) is 3.93. The van der Waals surface area contributed by atoms with E-state index in [1.807, 2.05) is 30.3 Å². The van der Waals surface area contributed by atoms with Crippen molar-refractivity contribution in [3.63, 3.8) is 0 Å². The van der Waals surface area contributed by atoms with Crippen LogP contribution in [0.2, 0.25) is 0 Å². The highest BCUT2D eigenvalue weighted by Crippen LogP contribution is 2.26. The molecule has 8 heteroatoms. The summed E-state index contributed by atoms with van der Waals surface area (Å²) in [5, 5.41) is 9.44. The number of carbonyl (C=O) groups is 3. The molecule has 0 bridgehead atoms. The fraction of sp³-hybridized carbons (Fsp3) is 0.478. The summed E-state index contributed by atoms with van der Waals surface area (Å²) in [5.74, 6) is -0.276. The van der Waals surface area contributed by atoms with Crippen LogP contribution < -0.4 is 10.6 Å². The summed E-state index contributed by atoms with van der Waals surface area (Å²) < 4.78 is 5.04. The van der Waals surface area contributed by atoms with Gasteiger partial charge in [0.1, 0.15) is 11.3 Å². The monoisotopic (exact) mass is 426 g/mol. The third kappa shape index (κ3) is 5.93. The Balaban J connectivity index is 1.78. The van der Waals surface area contributed by atoms with Crippen molar-refractivity contribution in [2.24, 2.45) is 0 Å². The number of carbonyl (C=O) groups excluding carboxylic acids is 3. The van der Waals surface area contributed by atoms with E-state index in [2.05, 4.69) is 15.8 Å². The van der Waals surface area contributed by atoms with Crippen LogP contribution in [0.25, 0.3) is 0 Å². The molecule has 3 amide bonds. The van der Waals surface area contributed by atoms with Crippen molar-refractivity contribution < 1.29 is 18.9 Å². The van der Waals surface area contributed by atoms with Crippen molar-refractivity contribution in [1.82, 2.24) is 20.7 Å². The molecule has 166 valence electrons. The van der Waals surface area contributed by atoms with Crippen molar-refractivity contribution in [2.75, 3.05) is 19.6 Å². The number of nitrogens with one attached hydrogen (secondary N) is 2. The Morgan fingerprint density at radius 2 is 1.90 bits per heavy atom. The quantitative estimate of drug-likeness (QED) is 0.782. The van der Waals surface area contributed by atoms with E-state index < -0.39 is 5.91 Å². The van der Waals surface area contributed by atoms with Crippen molar-refractivity contribution in [2.45, 2.75) is 52.0 Å². The number of aryl methyl sites for hydroxylation is 2. The maximum absolute atomic E-state index is 13.2. The van der Waals surface area contributed by atoms with Crippen LogP contribution in [0.5, 0.6) is 0 Å². The lowest BCUT2D eigenvalue weighted by Crippen LogP contribution is -2.44. The van der Waals surface area contributed by atoms with Gasteiger partial charge in [-0.3, -0.25) is 14.4 Å². The van der Waals surface area contributed by atoms with Crippen LogP contribution in [-0.4, -0.2) is 47.4 Å². The molecule has 1 aromatic carbocycles. The summed E-state index contributed by atoms with van der Waals surface area (Å²) >= 11 is 0. The highest BCUT2D eigenvalue weighted by atomic mass is 16.5. The summed E-state index contributed by atoms with van der Waals surface area (Å²) in [6.07, 6.45) is 3.95. The van der Waals surface area contributed by atoms with E-state index in [0.29, 0.717) is 30.1 Å². The second kappa shape index (κ2) is 10.7. The van der Waals surface area contributed by atoms with Gasteiger partial charge in [0.25, 0.3) is 5.91 Å². The molecule has 2 heterocycles. The Labute approximate surface area is 182 Å². The number of aromatic nitrogens is 1. The number of hydrogen-bond donors (Lipinski definition) is 2. The van der Waals surface area contributed by atoms with Gasteiger partial charge >= 0.3 is 0 Å². The van der Waals surface area contributed by atoms with Crippen molar-refractivity contribution in [3.05, 3.63) is 52.9 Å². The summed E-state index contributed by atoms with van der Waals surface area (Å²) in [4.78, 5) is 40.0. The average Bonchev–Trinajstić information content (AvgIpc) is 3.08. The highest BCUT2D eigenvalue weighted by molar-refractivity contribution is 5.98. The molecule has 0 spiro atoms. The topological polar surface area (TPSA) is 105 Å². The molecular weight excluding hydrogens is 396 g/mol. The van der Waals surface area contributed by atoms with Gasteiger partial charge in [-0.15, -0.1) is 0 Å². The molecular formula is C23H30N4O4. The molecule has 1 aromatic heterocycles. The molecule has 2 N–H and O–H groups in total. The summed E-state index contributed by atoms with van der Waals surface area (Å²) in [6.45, 7) is 4.38. The second-order valence-corrected chi connectivity index (χ2v) is 7.86. The van der Waals surface area contributed by atoms with Gasteiger partial charge in [-0.05, 0) is 32.3 Å². The van der Waals surface area contributed by atoms with Crippen LogP contribution in [0.1, 0.15) is 65.5 Å². The smallest absolute Gasteiger partial charge is 0.257 e. The molecule has 1 unspecified atom stereocenters. The minimum Gasteiger partial charge on any atom is -0.361 e. The fourth-order valence-corrected chi connectivity index (χ4v) is 3.93. The molecule has 0 saturated carbocycles. The Bertz CT molecular complexity index is 890. The Morgan fingerprint density at radius 3 is 2.61 bits per heavy atom. The Morgan fingerprint density at radius 1 is 1.16 bits per heavy atom. The minimum atomic E-state index is -0.392. The summed E-state index contributed by atoms with van der Waals surface area (Å²) in [7, 11) is 0. The predicted molar refractivity (Wildman–Crippen MR) is 115 cm³/mol. The lowest BCUT2D eigenvalue weighted by atomic mass is 10.0. The largest absolute Gasteiger partial charge is 0.361 e. The normalized spacial score (nSPS) is 18.1. The average molecular weight is 427 g/mol. The van der Waals surface area contributed by atoms with Gasteiger partial charge < -0.3 is 20.1 Å². The molecule has 1 fully saturated rings. The van der Waals surface area contributed by atoms with Crippen molar-refractivity contribution >= 4 is 17.7 Å². The van der Waals surface area contributed by atoms with Crippen LogP contribution in [0.4, 0.5) is 0 Å². The first-order valence-electron chi connectivity index (χ1n) is 10.8. The first-order valence-corrected chi connectivity index (χ1v) is 10.8. The second-order valence-electron chi connectivity index (χ2n) is 7.86. The molecule has 2 aromatic rings. The van der Waals surface area contributed by atoms with Crippen LogP contribution >= 0.6 is 0 Å². The van der Waals surface area contributed by atoms with Gasteiger partial charge in [0.2, 0.25) is 11.8 Å². The summed E-state index contributed by atoms with van der Waals surface area (Å²) in [6, 6.07) is 9.19. The lowest BCUT2D eigenvalue weighted by molar-refractivity contribution is -0.134. The minimum absolute atomic E-state index is 0.0756. The SMILES string of the molecule is Cc1noc(C)c1C(=O)NCC(=O)N1CCCCCCNC(=O)CC1c1ccccc1. The first kappa shape index (κ1) is 22.5. The number of rotatable bonds is 4. The summed E-state index contributed by atoms with van der Waals surface area (Å²) in [5.41, 5.74) is 1.74. The van der Waals surface area contributed by atoms with Crippen LogP contribution in [0.15, 0.2) is 34.9 Å². The highest BCUT2D eigenvalue weighted by Gasteiger charge is 2.28. The number of amides is 3. The predicted octanol–water partition coefficient (Wildman–Crippen LogP) is 2.67.